The summed E-state index contributed by atoms with van der Waals surface area (Å²) in [5.41, 5.74) is 2.54. The second-order valence-corrected chi connectivity index (χ2v) is 7.52. The van der Waals surface area contributed by atoms with Gasteiger partial charge >= 0.3 is 0 Å². The number of rotatable bonds is 7. The first-order valence-electron chi connectivity index (χ1n) is 8.79. The summed E-state index contributed by atoms with van der Waals surface area (Å²) in [6.07, 6.45) is 2.17. The largest absolute Gasteiger partial charge is 0.490 e. The third-order valence-corrected chi connectivity index (χ3v) is 5.34. The fourth-order valence-corrected chi connectivity index (χ4v) is 3.32. The van der Waals surface area contributed by atoms with Gasteiger partial charge in [0.15, 0.2) is 0 Å². The van der Waals surface area contributed by atoms with Gasteiger partial charge in [0.25, 0.3) is 5.78 Å². The van der Waals surface area contributed by atoms with Crippen LogP contribution in [0.3, 0.4) is 0 Å². The van der Waals surface area contributed by atoms with Crippen molar-refractivity contribution >= 4 is 35.0 Å². The highest BCUT2D eigenvalue weighted by atomic mass is 35.5. The zero-order valence-corrected chi connectivity index (χ0v) is 17.8. The van der Waals surface area contributed by atoms with Crippen LogP contribution in [0.15, 0.2) is 29.4 Å². The maximum atomic E-state index is 12.7. The smallest absolute Gasteiger partial charge is 0.253 e. The van der Waals surface area contributed by atoms with E-state index in [1.807, 2.05) is 32.2 Å². The minimum absolute atomic E-state index is 0.0136. The molecule has 0 atom stereocenters. The van der Waals surface area contributed by atoms with Crippen LogP contribution in [0.5, 0.6) is 5.75 Å². The molecule has 148 valence electrons. The Morgan fingerprint density at radius 2 is 2.04 bits per heavy atom. The number of hydrogen-bond donors (Lipinski definition) is 0. The van der Waals surface area contributed by atoms with Gasteiger partial charge in [0.1, 0.15) is 12.4 Å². The maximum Gasteiger partial charge on any atom is 0.253 e. The van der Waals surface area contributed by atoms with E-state index in [9.17, 15) is 4.79 Å². The molecule has 28 heavy (non-hydrogen) atoms. The summed E-state index contributed by atoms with van der Waals surface area (Å²) >= 11 is 7.54. The van der Waals surface area contributed by atoms with Crippen molar-refractivity contribution in [2.45, 2.75) is 25.4 Å². The monoisotopic (exact) mass is 419 g/mol. The number of thioether (sulfide) groups is 1. The molecule has 0 bridgehead atoms. The number of aromatic nitrogens is 4. The van der Waals surface area contributed by atoms with E-state index in [2.05, 4.69) is 15.1 Å². The summed E-state index contributed by atoms with van der Waals surface area (Å²) in [4.78, 5) is 23.2. The van der Waals surface area contributed by atoms with Crippen molar-refractivity contribution in [3.63, 3.8) is 0 Å². The van der Waals surface area contributed by atoms with Gasteiger partial charge in [0.2, 0.25) is 11.1 Å². The van der Waals surface area contributed by atoms with Gasteiger partial charge in [-0.2, -0.15) is 4.98 Å². The van der Waals surface area contributed by atoms with E-state index in [-0.39, 0.29) is 12.3 Å². The first-order valence-corrected chi connectivity index (χ1v) is 10.4. The first kappa shape index (κ1) is 20.4. The van der Waals surface area contributed by atoms with Crippen LogP contribution in [0.2, 0.25) is 5.02 Å². The lowest BCUT2D eigenvalue weighted by Crippen LogP contribution is -2.32. The Hall–Kier alpha value is -2.32. The molecule has 0 N–H and O–H groups in total. The molecule has 0 aliphatic rings. The number of ether oxygens (including phenoxy) is 1. The lowest BCUT2D eigenvalue weighted by atomic mass is 10.1. The number of nitrogens with zero attached hydrogens (tertiary/aromatic N) is 5. The molecular weight excluding hydrogens is 398 g/mol. The number of likely N-dealkylation sites (N-methyl/N-ethyl adjacent to an activating group) is 1. The van der Waals surface area contributed by atoms with Gasteiger partial charge in [-0.15, -0.1) is 5.10 Å². The Morgan fingerprint density at radius 3 is 2.75 bits per heavy atom. The predicted octanol–water partition coefficient (Wildman–Crippen LogP) is 3.20. The van der Waals surface area contributed by atoms with Crippen molar-refractivity contribution in [2.24, 2.45) is 0 Å². The van der Waals surface area contributed by atoms with Crippen LogP contribution in [0.4, 0.5) is 0 Å². The van der Waals surface area contributed by atoms with Gasteiger partial charge in [-0.25, -0.2) is 9.50 Å². The number of para-hydroxylation sites is 1. The molecule has 0 fully saturated rings. The molecule has 0 radical (unpaired) electrons. The fraction of sp³-hybridized carbons (Fsp3) is 0.368. The SMILES string of the molecule is CSc1nc2nc(C)c(CC(=O)N(C)CCOc3ccccc3Cl)c(C)n2n1. The van der Waals surface area contributed by atoms with E-state index >= 15 is 0 Å². The third kappa shape index (κ3) is 4.39. The number of halogens is 1. The molecular formula is C19H22ClN5O2S. The van der Waals surface area contributed by atoms with Gasteiger partial charge in [-0.05, 0) is 32.2 Å². The van der Waals surface area contributed by atoms with Crippen LogP contribution in [0, 0.1) is 13.8 Å². The van der Waals surface area contributed by atoms with E-state index in [0.29, 0.717) is 34.9 Å². The number of carbonyl (C=O) groups is 1. The highest BCUT2D eigenvalue weighted by Crippen LogP contribution is 2.23. The topological polar surface area (TPSA) is 72.6 Å². The number of hydrogen-bond acceptors (Lipinski definition) is 6. The number of aryl methyl sites for hydroxylation is 2. The molecule has 1 aromatic carbocycles. The van der Waals surface area contributed by atoms with Crippen molar-refractivity contribution in [2.75, 3.05) is 26.5 Å². The van der Waals surface area contributed by atoms with Crippen molar-refractivity contribution in [3.8, 4) is 5.75 Å². The van der Waals surface area contributed by atoms with Crippen molar-refractivity contribution in [1.29, 1.82) is 0 Å². The van der Waals surface area contributed by atoms with E-state index in [0.717, 1.165) is 17.0 Å². The first-order chi connectivity index (χ1) is 13.4. The molecule has 9 heteroatoms. The van der Waals surface area contributed by atoms with E-state index < -0.39 is 0 Å². The Morgan fingerprint density at radius 1 is 1.29 bits per heavy atom. The summed E-state index contributed by atoms with van der Waals surface area (Å²) < 4.78 is 7.36. The van der Waals surface area contributed by atoms with E-state index in [1.165, 1.54) is 11.8 Å². The number of benzene rings is 1. The van der Waals surface area contributed by atoms with E-state index in [1.54, 1.807) is 28.6 Å². The van der Waals surface area contributed by atoms with Crippen LogP contribution in [-0.4, -0.2) is 56.8 Å². The summed E-state index contributed by atoms with van der Waals surface area (Å²) in [5.74, 6) is 1.15. The highest BCUT2D eigenvalue weighted by molar-refractivity contribution is 7.98. The number of fused-ring (bicyclic) bond motifs is 1. The van der Waals surface area contributed by atoms with Crippen LogP contribution in [0.1, 0.15) is 17.0 Å². The second kappa shape index (κ2) is 8.79. The highest BCUT2D eigenvalue weighted by Gasteiger charge is 2.18. The fourth-order valence-electron chi connectivity index (χ4n) is 2.80. The minimum Gasteiger partial charge on any atom is -0.490 e. The van der Waals surface area contributed by atoms with Crippen LogP contribution < -0.4 is 4.74 Å². The Kier molecular flexibility index (Phi) is 6.41. The van der Waals surface area contributed by atoms with Gasteiger partial charge in [0.05, 0.1) is 18.0 Å². The molecule has 2 heterocycles. The molecule has 2 aromatic heterocycles. The van der Waals surface area contributed by atoms with Gasteiger partial charge < -0.3 is 9.64 Å². The number of amides is 1. The summed E-state index contributed by atoms with van der Waals surface area (Å²) in [5, 5.41) is 5.64. The van der Waals surface area contributed by atoms with Crippen molar-refractivity contribution < 1.29 is 9.53 Å². The van der Waals surface area contributed by atoms with Crippen molar-refractivity contribution in [3.05, 3.63) is 46.2 Å². The quantitative estimate of drug-likeness (QED) is 0.547. The number of carbonyl (C=O) groups excluding carboxylic acids is 1. The molecule has 0 aliphatic carbocycles. The van der Waals surface area contributed by atoms with Gasteiger partial charge in [-0.3, -0.25) is 4.79 Å². The molecule has 3 aromatic rings. The lowest BCUT2D eigenvalue weighted by Gasteiger charge is -2.19. The van der Waals surface area contributed by atoms with Crippen LogP contribution in [0.25, 0.3) is 5.78 Å². The summed E-state index contributed by atoms with van der Waals surface area (Å²) in [7, 11) is 1.76. The second-order valence-electron chi connectivity index (χ2n) is 6.34. The van der Waals surface area contributed by atoms with Crippen molar-refractivity contribution in [1.82, 2.24) is 24.5 Å². The Bertz CT molecular complexity index is 1010. The molecule has 0 saturated carbocycles. The Balaban J connectivity index is 1.66. The molecule has 7 nitrogen and oxygen atoms in total. The summed E-state index contributed by atoms with van der Waals surface area (Å²) in [6, 6.07) is 7.28. The zero-order chi connectivity index (χ0) is 20.3. The normalized spacial score (nSPS) is 11.0. The summed E-state index contributed by atoms with van der Waals surface area (Å²) in [6.45, 7) is 4.65. The molecule has 0 spiro atoms. The maximum absolute atomic E-state index is 12.7. The van der Waals surface area contributed by atoms with E-state index in [4.69, 9.17) is 16.3 Å². The predicted molar refractivity (Wildman–Crippen MR) is 110 cm³/mol. The molecule has 1 amide bonds. The standard InChI is InChI=1S/C19H22ClN5O2S/c1-12-14(13(2)25-18(21-12)22-19(23-25)28-4)11-17(26)24(3)9-10-27-16-8-6-5-7-15(16)20/h5-8H,9-11H2,1-4H3. The van der Waals surface area contributed by atoms with Gasteiger partial charge in [-0.1, -0.05) is 35.5 Å². The molecule has 3 rings (SSSR count). The lowest BCUT2D eigenvalue weighted by molar-refractivity contribution is -0.129. The van der Waals surface area contributed by atoms with Gasteiger partial charge in [0, 0.05) is 24.0 Å². The molecule has 0 unspecified atom stereocenters. The molecule has 0 saturated heterocycles. The third-order valence-electron chi connectivity index (χ3n) is 4.49. The zero-order valence-electron chi connectivity index (χ0n) is 16.3. The Labute approximate surface area is 173 Å². The minimum atomic E-state index is -0.0136. The van der Waals surface area contributed by atoms with Crippen LogP contribution >= 0.6 is 23.4 Å². The average molecular weight is 420 g/mol. The van der Waals surface area contributed by atoms with Crippen LogP contribution in [-0.2, 0) is 11.2 Å². The average Bonchev–Trinajstić information content (AvgIpc) is 3.09. The molecule has 0 aliphatic heterocycles.